The SMILES string of the molecule is CNc1nc(Nc2cc(OC)c(OC)c(OC)c2)nc(OC(C(F)(F)F)C(F)(F)F)n1. The lowest BCUT2D eigenvalue weighted by Gasteiger charge is -2.23. The number of methoxy groups -OCH3 is 3. The molecule has 0 amide bonds. The van der Waals surface area contributed by atoms with Gasteiger partial charge in [0.05, 0.1) is 21.3 Å². The molecule has 0 radical (unpaired) electrons. The van der Waals surface area contributed by atoms with Crippen molar-refractivity contribution in [3.63, 3.8) is 0 Å². The Morgan fingerprint density at radius 2 is 1.32 bits per heavy atom. The molecule has 1 aromatic heterocycles. The number of hydrogen-bond acceptors (Lipinski definition) is 9. The smallest absolute Gasteiger partial charge is 0.434 e. The summed E-state index contributed by atoms with van der Waals surface area (Å²) in [5, 5.41) is 5.00. The van der Waals surface area contributed by atoms with Crippen LogP contribution in [0.4, 0.5) is 43.9 Å². The number of ether oxygens (including phenoxy) is 4. The molecule has 0 aliphatic carbocycles. The summed E-state index contributed by atoms with van der Waals surface area (Å²) < 4.78 is 96.2. The third kappa shape index (κ3) is 5.82. The first-order valence-corrected chi connectivity index (χ1v) is 8.23. The van der Waals surface area contributed by atoms with Crippen LogP contribution in [0.15, 0.2) is 12.1 Å². The molecular weight excluding hydrogens is 440 g/mol. The Balaban J connectivity index is 2.43. The molecule has 2 N–H and O–H groups in total. The molecule has 0 bridgehead atoms. The average Bonchev–Trinajstić information content (AvgIpc) is 2.69. The maximum absolute atomic E-state index is 12.8. The van der Waals surface area contributed by atoms with Gasteiger partial charge < -0.3 is 29.6 Å². The van der Waals surface area contributed by atoms with E-state index in [1.165, 1.54) is 40.5 Å². The van der Waals surface area contributed by atoms with Crippen LogP contribution in [0.5, 0.6) is 23.3 Å². The lowest BCUT2D eigenvalue weighted by atomic mass is 10.2. The van der Waals surface area contributed by atoms with Gasteiger partial charge in [-0.1, -0.05) is 0 Å². The molecule has 0 saturated carbocycles. The number of nitrogens with zero attached hydrogens (tertiary/aromatic N) is 3. The lowest BCUT2D eigenvalue weighted by molar-refractivity contribution is -0.301. The van der Waals surface area contributed by atoms with Crippen LogP contribution in [0.1, 0.15) is 0 Å². The Labute approximate surface area is 171 Å². The third-order valence-corrected chi connectivity index (χ3v) is 3.58. The summed E-state index contributed by atoms with van der Waals surface area (Å²) in [6.45, 7) is 0. The zero-order chi connectivity index (χ0) is 23.4. The van der Waals surface area contributed by atoms with Crippen LogP contribution in [-0.4, -0.2) is 61.8 Å². The van der Waals surface area contributed by atoms with E-state index in [1.54, 1.807) is 0 Å². The minimum Gasteiger partial charge on any atom is -0.493 e. The lowest BCUT2D eigenvalue weighted by Crippen LogP contribution is -2.46. The van der Waals surface area contributed by atoms with Crippen LogP contribution >= 0.6 is 0 Å². The molecule has 31 heavy (non-hydrogen) atoms. The standard InChI is InChI=1S/C16H17F6N5O4/c1-23-12-25-13(24-7-5-8(28-2)10(30-4)9(6-7)29-3)27-14(26-12)31-11(15(17,18)19)16(20,21)22/h5-6,11H,1-4H3,(H2,23,24,25,26,27). The maximum Gasteiger partial charge on any atom is 0.434 e. The first-order valence-electron chi connectivity index (χ1n) is 8.23. The molecule has 2 aromatic rings. The van der Waals surface area contributed by atoms with Gasteiger partial charge >= 0.3 is 18.4 Å². The molecule has 1 heterocycles. The van der Waals surface area contributed by atoms with Gasteiger partial charge in [-0.3, -0.25) is 0 Å². The van der Waals surface area contributed by atoms with Gasteiger partial charge in [0.15, 0.2) is 11.5 Å². The Hall–Kier alpha value is -3.39. The summed E-state index contributed by atoms with van der Waals surface area (Å²) in [5.74, 6) is -0.0602. The summed E-state index contributed by atoms with van der Waals surface area (Å²) >= 11 is 0. The predicted molar refractivity (Wildman–Crippen MR) is 95.3 cm³/mol. The van der Waals surface area contributed by atoms with E-state index in [4.69, 9.17) is 14.2 Å². The molecule has 1 aromatic carbocycles. The number of aromatic nitrogens is 3. The van der Waals surface area contributed by atoms with Crippen molar-refractivity contribution in [1.29, 1.82) is 0 Å². The Bertz CT molecular complexity index is 870. The van der Waals surface area contributed by atoms with Crippen molar-refractivity contribution >= 4 is 17.6 Å². The molecule has 0 atom stereocenters. The van der Waals surface area contributed by atoms with E-state index in [9.17, 15) is 26.3 Å². The molecule has 9 nitrogen and oxygen atoms in total. The Morgan fingerprint density at radius 3 is 1.74 bits per heavy atom. The summed E-state index contributed by atoms with van der Waals surface area (Å²) in [6, 6.07) is 1.63. The van der Waals surface area contributed by atoms with Crippen LogP contribution in [0, 0.1) is 0 Å². The second-order valence-electron chi connectivity index (χ2n) is 5.64. The van der Waals surface area contributed by atoms with Gasteiger partial charge in [-0.25, -0.2) is 0 Å². The van der Waals surface area contributed by atoms with Gasteiger partial charge in [0, 0.05) is 24.9 Å². The molecule has 15 heteroatoms. The Kier molecular flexibility index (Phi) is 7.07. The zero-order valence-corrected chi connectivity index (χ0v) is 16.5. The van der Waals surface area contributed by atoms with Gasteiger partial charge in [-0.15, -0.1) is 0 Å². The van der Waals surface area contributed by atoms with E-state index in [0.29, 0.717) is 0 Å². The molecule has 2 rings (SSSR count). The largest absolute Gasteiger partial charge is 0.493 e. The fourth-order valence-corrected chi connectivity index (χ4v) is 2.28. The number of halogens is 6. The van der Waals surface area contributed by atoms with E-state index >= 15 is 0 Å². The van der Waals surface area contributed by atoms with Gasteiger partial charge in [-0.05, 0) is 0 Å². The summed E-state index contributed by atoms with van der Waals surface area (Å²) in [4.78, 5) is 10.7. The van der Waals surface area contributed by atoms with Crippen LogP contribution < -0.4 is 29.6 Å². The van der Waals surface area contributed by atoms with E-state index in [0.717, 1.165) is 0 Å². The normalized spacial score (nSPS) is 11.8. The van der Waals surface area contributed by atoms with E-state index in [2.05, 4.69) is 30.3 Å². The monoisotopic (exact) mass is 457 g/mol. The number of nitrogens with one attached hydrogen (secondary N) is 2. The molecule has 0 aliphatic heterocycles. The summed E-state index contributed by atoms with van der Waals surface area (Å²) in [6.07, 6.45) is -15.6. The number of hydrogen-bond donors (Lipinski definition) is 2. The van der Waals surface area contributed by atoms with E-state index in [-0.39, 0.29) is 28.9 Å². The van der Waals surface area contributed by atoms with Crippen molar-refractivity contribution in [2.24, 2.45) is 0 Å². The molecule has 172 valence electrons. The number of rotatable bonds is 8. The molecule has 0 saturated heterocycles. The molecule has 0 unspecified atom stereocenters. The quantitative estimate of drug-likeness (QED) is 0.577. The summed E-state index contributed by atoms with van der Waals surface area (Å²) in [7, 11) is 5.38. The van der Waals surface area contributed by atoms with Crippen LogP contribution in [0.25, 0.3) is 0 Å². The van der Waals surface area contributed by atoms with Crippen molar-refractivity contribution in [2.75, 3.05) is 39.0 Å². The second-order valence-corrected chi connectivity index (χ2v) is 5.64. The zero-order valence-electron chi connectivity index (χ0n) is 16.5. The van der Waals surface area contributed by atoms with Gasteiger partial charge in [0.1, 0.15) is 0 Å². The molecule has 0 spiro atoms. The van der Waals surface area contributed by atoms with Crippen molar-refractivity contribution in [2.45, 2.75) is 18.5 Å². The fourth-order valence-electron chi connectivity index (χ4n) is 2.28. The van der Waals surface area contributed by atoms with Crippen LogP contribution in [-0.2, 0) is 0 Å². The fraction of sp³-hybridized carbons (Fsp3) is 0.438. The topological polar surface area (TPSA) is 99.7 Å². The van der Waals surface area contributed by atoms with Gasteiger partial charge in [-0.2, -0.15) is 41.3 Å². The van der Waals surface area contributed by atoms with Crippen molar-refractivity contribution < 1.29 is 45.3 Å². The number of benzene rings is 1. The average molecular weight is 457 g/mol. The molecule has 0 fully saturated rings. The van der Waals surface area contributed by atoms with Gasteiger partial charge in [0.2, 0.25) is 17.6 Å². The Morgan fingerprint density at radius 1 is 0.806 bits per heavy atom. The maximum atomic E-state index is 12.8. The third-order valence-electron chi connectivity index (χ3n) is 3.58. The van der Waals surface area contributed by atoms with Crippen LogP contribution in [0.2, 0.25) is 0 Å². The number of anilines is 3. The van der Waals surface area contributed by atoms with Crippen LogP contribution in [0.3, 0.4) is 0 Å². The van der Waals surface area contributed by atoms with Crippen molar-refractivity contribution in [1.82, 2.24) is 15.0 Å². The first kappa shape index (κ1) is 23.9. The predicted octanol–water partition coefficient (Wildman–Crippen LogP) is 3.55. The highest BCUT2D eigenvalue weighted by atomic mass is 19.4. The molecular formula is C16H17F6N5O4. The van der Waals surface area contributed by atoms with Gasteiger partial charge in [0.25, 0.3) is 6.10 Å². The second kappa shape index (κ2) is 9.18. The highest BCUT2D eigenvalue weighted by Gasteiger charge is 2.59. The van der Waals surface area contributed by atoms with Crippen molar-refractivity contribution in [3.8, 4) is 23.3 Å². The minimum atomic E-state index is -5.74. The number of alkyl halides is 6. The van der Waals surface area contributed by atoms with E-state index < -0.39 is 30.4 Å². The highest BCUT2D eigenvalue weighted by molar-refractivity contribution is 5.66. The van der Waals surface area contributed by atoms with Crippen molar-refractivity contribution in [3.05, 3.63) is 12.1 Å². The minimum absolute atomic E-state index is 0.219. The summed E-state index contributed by atoms with van der Waals surface area (Å²) in [5.41, 5.74) is 0.219. The molecule has 0 aliphatic rings. The highest BCUT2D eigenvalue weighted by Crippen LogP contribution is 2.40. The van der Waals surface area contributed by atoms with E-state index in [1.807, 2.05) is 0 Å². The first-order chi connectivity index (χ1) is 14.4.